The summed E-state index contributed by atoms with van der Waals surface area (Å²) in [6.07, 6.45) is 3.88. The third kappa shape index (κ3) is 3.66. The van der Waals surface area contributed by atoms with Crippen molar-refractivity contribution in [3.05, 3.63) is 70.6 Å². The minimum Gasteiger partial charge on any atom is -0.481 e. The largest absolute Gasteiger partial charge is 0.481 e. The van der Waals surface area contributed by atoms with Gasteiger partial charge in [-0.25, -0.2) is 9.50 Å². The van der Waals surface area contributed by atoms with Crippen LogP contribution in [0.2, 0.25) is 5.02 Å². The van der Waals surface area contributed by atoms with E-state index >= 15 is 0 Å². The number of hydrogen-bond donors (Lipinski definition) is 0. The molecule has 1 aromatic carbocycles. The summed E-state index contributed by atoms with van der Waals surface area (Å²) in [5.74, 6) is 0.863. The van der Waals surface area contributed by atoms with Gasteiger partial charge in [-0.1, -0.05) is 29.8 Å². The first-order chi connectivity index (χ1) is 16.0. The first-order valence-electron chi connectivity index (χ1n) is 10.5. The quantitative estimate of drug-likeness (QED) is 0.450. The summed E-state index contributed by atoms with van der Waals surface area (Å²) in [5, 5.41) is 4.84. The van der Waals surface area contributed by atoms with Gasteiger partial charge in [0.1, 0.15) is 0 Å². The molecule has 8 nitrogen and oxygen atoms in total. The number of carbonyl (C=O) groups is 1. The first kappa shape index (κ1) is 21.2. The molecule has 0 bridgehead atoms. The van der Waals surface area contributed by atoms with Gasteiger partial charge in [0.15, 0.2) is 11.3 Å². The fourth-order valence-corrected chi connectivity index (χ4v) is 4.54. The van der Waals surface area contributed by atoms with E-state index in [1.165, 1.54) is 16.3 Å². The predicted molar refractivity (Wildman–Crippen MR) is 124 cm³/mol. The Labute approximate surface area is 195 Å². The summed E-state index contributed by atoms with van der Waals surface area (Å²) in [4.78, 5) is 23.8. The number of hydrogen-bond acceptors (Lipinski definition) is 6. The van der Waals surface area contributed by atoms with Crippen molar-refractivity contribution in [3.8, 4) is 22.9 Å². The summed E-state index contributed by atoms with van der Waals surface area (Å²) in [6, 6.07) is 11.5. The standard InChI is InChI=1S/C24H22ClN5O3/c1-14-16-5-4-6-17(19-7-8-22(32-2)27-23(19)33-3)18(16)9-10-29(14)24(31)20-11-21-26-12-15(25)13-30(21)28-20/h4-8,11-14H,9-10H2,1-3H3. The molecule has 0 N–H and O–H groups in total. The van der Waals surface area contributed by atoms with Crippen molar-refractivity contribution in [2.24, 2.45) is 0 Å². The molecule has 3 aromatic heterocycles. The summed E-state index contributed by atoms with van der Waals surface area (Å²) < 4.78 is 12.3. The number of fused-ring (bicyclic) bond motifs is 2. The van der Waals surface area contributed by atoms with Crippen LogP contribution in [0, 0.1) is 0 Å². The van der Waals surface area contributed by atoms with E-state index in [2.05, 4.69) is 27.2 Å². The molecule has 1 amide bonds. The van der Waals surface area contributed by atoms with Gasteiger partial charge in [-0.3, -0.25) is 4.79 Å². The highest BCUT2D eigenvalue weighted by Gasteiger charge is 2.31. The van der Waals surface area contributed by atoms with Gasteiger partial charge in [-0.15, -0.1) is 0 Å². The lowest BCUT2D eigenvalue weighted by molar-refractivity contribution is 0.0671. The second-order valence-corrected chi connectivity index (χ2v) is 8.25. The molecular weight excluding hydrogens is 442 g/mol. The number of nitrogens with zero attached hydrogens (tertiary/aromatic N) is 5. The van der Waals surface area contributed by atoms with Gasteiger partial charge < -0.3 is 14.4 Å². The number of halogens is 1. The van der Waals surface area contributed by atoms with Gasteiger partial charge in [-0.05, 0) is 36.1 Å². The third-order valence-corrected chi connectivity index (χ3v) is 6.22. The normalized spacial score (nSPS) is 15.4. The highest BCUT2D eigenvalue weighted by atomic mass is 35.5. The van der Waals surface area contributed by atoms with E-state index in [0.29, 0.717) is 41.1 Å². The Kier molecular flexibility index (Phi) is 5.38. The minimum absolute atomic E-state index is 0.125. The molecule has 33 heavy (non-hydrogen) atoms. The number of benzene rings is 1. The molecule has 0 saturated heterocycles. The van der Waals surface area contributed by atoms with Crippen LogP contribution in [-0.2, 0) is 6.42 Å². The molecule has 4 aromatic rings. The average Bonchev–Trinajstić information content (AvgIpc) is 3.26. The van der Waals surface area contributed by atoms with Crippen LogP contribution in [0.3, 0.4) is 0 Å². The fraction of sp³-hybridized carbons (Fsp3) is 0.250. The zero-order valence-electron chi connectivity index (χ0n) is 18.4. The average molecular weight is 464 g/mol. The molecule has 1 aliphatic heterocycles. The highest BCUT2D eigenvalue weighted by molar-refractivity contribution is 6.30. The van der Waals surface area contributed by atoms with Crippen LogP contribution in [0.5, 0.6) is 11.8 Å². The molecule has 0 fully saturated rings. The number of rotatable bonds is 4. The van der Waals surface area contributed by atoms with Gasteiger partial charge in [-0.2, -0.15) is 10.1 Å². The van der Waals surface area contributed by atoms with Crippen molar-refractivity contribution in [1.82, 2.24) is 24.5 Å². The molecule has 0 spiro atoms. The van der Waals surface area contributed by atoms with Crippen LogP contribution in [0.15, 0.2) is 48.8 Å². The SMILES string of the molecule is COc1ccc(-c2cccc3c2CCN(C(=O)c2cc4ncc(Cl)cn4n2)C3C)c(OC)n1. The second-order valence-electron chi connectivity index (χ2n) is 7.81. The van der Waals surface area contributed by atoms with E-state index < -0.39 is 0 Å². The Hall–Kier alpha value is -3.65. The topological polar surface area (TPSA) is 81.9 Å². The van der Waals surface area contributed by atoms with E-state index in [4.69, 9.17) is 21.1 Å². The van der Waals surface area contributed by atoms with Gasteiger partial charge in [0.25, 0.3) is 5.91 Å². The first-order valence-corrected chi connectivity index (χ1v) is 10.9. The molecule has 5 rings (SSSR count). The summed E-state index contributed by atoms with van der Waals surface area (Å²) in [5.41, 5.74) is 5.14. The maximum atomic E-state index is 13.3. The van der Waals surface area contributed by atoms with E-state index in [-0.39, 0.29) is 11.9 Å². The number of carbonyl (C=O) groups excluding carboxylic acids is 1. The highest BCUT2D eigenvalue weighted by Crippen LogP contribution is 2.39. The summed E-state index contributed by atoms with van der Waals surface area (Å²) >= 11 is 6.00. The molecule has 1 unspecified atom stereocenters. The molecule has 0 saturated carbocycles. The summed E-state index contributed by atoms with van der Waals surface area (Å²) in [7, 11) is 3.17. The minimum atomic E-state index is -0.135. The zero-order chi connectivity index (χ0) is 23.1. The molecule has 4 heterocycles. The van der Waals surface area contributed by atoms with Gasteiger partial charge in [0.05, 0.1) is 31.5 Å². The molecule has 1 aliphatic rings. The molecule has 168 valence electrons. The van der Waals surface area contributed by atoms with Crippen molar-refractivity contribution in [2.75, 3.05) is 20.8 Å². The number of ether oxygens (including phenoxy) is 2. The Bertz CT molecular complexity index is 1370. The number of aromatic nitrogens is 4. The van der Waals surface area contributed by atoms with E-state index in [9.17, 15) is 4.79 Å². The lowest BCUT2D eigenvalue weighted by Gasteiger charge is -2.36. The Morgan fingerprint density at radius 3 is 2.79 bits per heavy atom. The van der Waals surface area contributed by atoms with Crippen molar-refractivity contribution in [1.29, 1.82) is 0 Å². The van der Waals surface area contributed by atoms with Crippen LogP contribution in [0.25, 0.3) is 16.8 Å². The van der Waals surface area contributed by atoms with Crippen molar-refractivity contribution in [2.45, 2.75) is 19.4 Å². The smallest absolute Gasteiger partial charge is 0.274 e. The lowest BCUT2D eigenvalue weighted by Crippen LogP contribution is -2.39. The van der Waals surface area contributed by atoms with Crippen molar-refractivity contribution < 1.29 is 14.3 Å². The number of methoxy groups -OCH3 is 2. The monoisotopic (exact) mass is 463 g/mol. The predicted octanol–water partition coefficient (Wildman–Crippen LogP) is 4.22. The van der Waals surface area contributed by atoms with Crippen LogP contribution in [0.1, 0.15) is 34.6 Å². The maximum Gasteiger partial charge on any atom is 0.274 e. The Morgan fingerprint density at radius 2 is 2.00 bits per heavy atom. The molecular formula is C24H22ClN5O3. The zero-order valence-corrected chi connectivity index (χ0v) is 19.2. The van der Waals surface area contributed by atoms with E-state index in [1.807, 2.05) is 30.0 Å². The molecule has 0 radical (unpaired) electrons. The molecule has 1 atom stereocenters. The third-order valence-electron chi connectivity index (χ3n) is 6.02. The van der Waals surface area contributed by atoms with Gasteiger partial charge in [0.2, 0.25) is 11.8 Å². The fourth-order valence-electron chi connectivity index (χ4n) is 4.40. The molecule has 0 aliphatic carbocycles. The van der Waals surface area contributed by atoms with Crippen LogP contribution in [0.4, 0.5) is 0 Å². The molecule has 9 heteroatoms. The second kappa shape index (κ2) is 8.37. The van der Waals surface area contributed by atoms with Crippen molar-refractivity contribution in [3.63, 3.8) is 0 Å². The van der Waals surface area contributed by atoms with E-state index in [1.54, 1.807) is 26.5 Å². The van der Waals surface area contributed by atoms with Crippen LogP contribution in [-0.4, -0.2) is 51.2 Å². The summed E-state index contributed by atoms with van der Waals surface area (Å²) in [6.45, 7) is 2.60. The lowest BCUT2D eigenvalue weighted by atomic mass is 9.87. The van der Waals surface area contributed by atoms with Crippen LogP contribution >= 0.6 is 11.6 Å². The van der Waals surface area contributed by atoms with Crippen molar-refractivity contribution >= 4 is 23.2 Å². The van der Waals surface area contributed by atoms with Crippen LogP contribution < -0.4 is 9.47 Å². The Morgan fingerprint density at radius 1 is 1.15 bits per heavy atom. The number of pyridine rings is 1. The number of amides is 1. The van der Waals surface area contributed by atoms with Gasteiger partial charge in [0, 0.05) is 30.4 Å². The van der Waals surface area contributed by atoms with E-state index in [0.717, 1.165) is 16.7 Å². The van der Waals surface area contributed by atoms with Gasteiger partial charge >= 0.3 is 0 Å². The maximum absolute atomic E-state index is 13.3. The Balaban J connectivity index is 1.50.